The van der Waals surface area contributed by atoms with Crippen molar-refractivity contribution in [2.45, 2.75) is 20.1 Å². The molecule has 0 aliphatic carbocycles. The van der Waals surface area contributed by atoms with Crippen molar-refractivity contribution in [3.05, 3.63) is 80.5 Å². The lowest BCUT2D eigenvalue weighted by Gasteiger charge is -2.17. The Kier molecular flexibility index (Phi) is 4.43. The Morgan fingerprint density at radius 1 is 1.00 bits per heavy atom. The summed E-state index contributed by atoms with van der Waals surface area (Å²) in [5.41, 5.74) is 3.39. The van der Waals surface area contributed by atoms with Crippen molar-refractivity contribution in [2.75, 3.05) is 11.4 Å². The summed E-state index contributed by atoms with van der Waals surface area (Å²) in [7, 11) is 3.13. The standard InChI is InChI=1S/C23H23N5O3/c1-15-6-4-7-16(12-15)14-31-18-9-5-8-17(13-18)27-10-11-28-19-20(24-22(27)28)25(2)23(30)26(3)21(19)29/h4-9,12-13H,10-11,14H2,1-3H3. The van der Waals surface area contributed by atoms with Crippen molar-refractivity contribution in [1.29, 1.82) is 0 Å². The largest absolute Gasteiger partial charge is 0.489 e. The number of fused-ring (bicyclic) bond motifs is 3. The molecule has 0 spiro atoms. The van der Waals surface area contributed by atoms with Gasteiger partial charge >= 0.3 is 5.69 Å². The van der Waals surface area contributed by atoms with Gasteiger partial charge in [0.25, 0.3) is 5.56 Å². The minimum absolute atomic E-state index is 0.325. The highest BCUT2D eigenvalue weighted by Gasteiger charge is 2.28. The summed E-state index contributed by atoms with van der Waals surface area (Å²) in [6, 6.07) is 16.1. The molecular formula is C23H23N5O3. The Labute approximate surface area is 178 Å². The van der Waals surface area contributed by atoms with Crippen LogP contribution in [0.5, 0.6) is 5.75 Å². The Morgan fingerprint density at radius 2 is 1.81 bits per heavy atom. The van der Waals surface area contributed by atoms with Crippen LogP contribution in [0, 0.1) is 6.92 Å². The first-order chi connectivity index (χ1) is 14.9. The number of anilines is 2. The van der Waals surface area contributed by atoms with Crippen LogP contribution >= 0.6 is 0 Å². The Balaban J connectivity index is 1.49. The molecule has 2 aromatic carbocycles. The zero-order chi connectivity index (χ0) is 21.7. The van der Waals surface area contributed by atoms with E-state index in [0.29, 0.717) is 36.8 Å². The fraction of sp³-hybridized carbons (Fsp3) is 0.261. The number of aromatic nitrogens is 4. The van der Waals surface area contributed by atoms with Gasteiger partial charge in [0.1, 0.15) is 12.4 Å². The van der Waals surface area contributed by atoms with Crippen molar-refractivity contribution in [3.63, 3.8) is 0 Å². The van der Waals surface area contributed by atoms with Crippen LogP contribution in [0.15, 0.2) is 58.1 Å². The molecule has 3 heterocycles. The second-order valence-electron chi connectivity index (χ2n) is 7.87. The topological polar surface area (TPSA) is 74.3 Å². The summed E-state index contributed by atoms with van der Waals surface area (Å²) in [5, 5.41) is 0. The van der Waals surface area contributed by atoms with Gasteiger partial charge in [-0.25, -0.2) is 4.79 Å². The fourth-order valence-corrected chi connectivity index (χ4v) is 4.11. The number of benzene rings is 2. The number of imidazole rings is 1. The molecule has 0 N–H and O–H groups in total. The SMILES string of the molecule is Cc1cccc(COc2cccc(N3CCn4c3nc3c4c(=O)n(C)c(=O)n3C)c2)c1. The second-order valence-corrected chi connectivity index (χ2v) is 7.87. The van der Waals surface area contributed by atoms with Crippen LogP contribution in [0.4, 0.5) is 11.6 Å². The van der Waals surface area contributed by atoms with Gasteiger partial charge in [-0.05, 0) is 24.6 Å². The molecule has 0 atom stereocenters. The van der Waals surface area contributed by atoms with Crippen LogP contribution in [0.2, 0.25) is 0 Å². The number of rotatable bonds is 4. The summed E-state index contributed by atoms with van der Waals surface area (Å²) in [6.45, 7) is 3.85. The van der Waals surface area contributed by atoms with Crippen molar-refractivity contribution >= 4 is 22.8 Å². The third-order valence-electron chi connectivity index (χ3n) is 5.73. The van der Waals surface area contributed by atoms with Gasteiger partial charge in [-0.3, -0.25) is 13.9 Å². The minimum atomic E-state index is -0.382. The molecule has 2 aromatic heterocycles. The highest BCUT2D eigenvalue weighted by atomic mass is 16.5. The Morgan fingerprint density at radius 3 is 2.61 bits per heavy atom. The molecule has 0 fully saturated rings. The van der Waals surface area contributed by atoms with Gasteiger partial charge < -0.3 is 14.2 Å². The maximum Gasteiger partial charge on any atom is 0.332 e. The molecule has 31 heavy (non-hydrogen) atoms. The lowest BCUT2D eigenvalue weighted by Crippen LogP contribution is -2.37. The molecule has 0 saturated carbocycles. The molecule has 4 aromatic rings. The number of hydrogen-bond donors (Lipinski definition) is 0. The van der Waals surface area contributed by atoms with Gasteiger partial charge in [0.15, 0.2) is 11.2 Å². The van der Waals surface area contributed by atoms with E-state index in [4.69, 9.17) is 4.74 Å². The van der Waals surface area contributed by atoms with Crippen LogP contribution in [-0.4, -0.2) is 25.2 Å². The van der Waals surface area contributed by atoms with Gasteiger partial charge in [0.05, 0.1) is 0 Å². The predicted octanol–water partition coefficient (Wildman–Crippen LogP) is 2.47. The molecule has 0 unspecified atom stereocenters. The first-order valence-electron chi connectivity index (χ1n) is 10.2. The molecule has 8 nitrogen and oxygen atoms in total. The first-order valence-corrected chi connectivity index (χ1v) is 10.2. The molecule has 0 bridgehead atoms. The highest BCUT2D eigenvalue weighted by Crippen LogP contribution is 2.33. The third-order valence-corrected chi connectivity index (χ3v) is 5.73. The van der Waals surface area contributed by atoms with Crippen LogP contribution in [0.1, 0.15) is 11.1 Å². The van der Waals surface area contributed by atoms with Crippen LogP contribution < -0.4 is 20.9 Å². The quantitative estimate of drug-likeness (QED) is 0.510. The van der Waals surface area contributed by atoms with E-state index in [-0.39, 0.29) is 11.2 Å². The number of nitrogens with zero attached hydrogens (tertiary/aromatic N) is 5. The molecule has 158 valence electrons. The lowest BCUT2D eigenvalue weighted by atomic mass is 10.1. The highest BCUT2D eigenvalue weighted by molar-refractivity contribution is 5.77. The van der Waals surface area contributed by atoms with Gasteiger partial charge in [-0.15, -0.1) is 0 Å². The zero-order valence-electron chi connectivity index (χ0n) is 17.7. The van der Waals surface area contributed by atoms with E-state index < -0.39 is 0 Å². The second kappa shape index (κ2) is 7.16. The number of ether oxygens (including phenoxy) is 1. The molecule has 1 aliphatic heterocycles. The van der Waals surface area contributed by atoms with Crippen LogP contribution in [-0.2, 0) is 27.2 Å². The number of hydrogen-bond acceptors (Lipinski definition) is 5. The third kappa shape index (κ3) is 3.11. The molecule has 0 amide bonds. The number of aryl methyl sites for hydroxylation is 2. The van der Waals surface area contributed by atoms with Crippen LogP contribution in [0.3, 0.4) is 0 Å². The van der Waals surface area contributed by atoms with E-state index in [1.807, 2.05) is 45.9 Å². The molecule has 0 radical (unpaired) electrons. The molecule has 5 rings (SSSR count). The van der Waals surface area contributed by atoms with Gasteiger partial charge in [0, 0.05) is 38.9 Å². The smallest absolute Gasteiger partial charge is 0.332 e. The average molecular weight is 417 g/mol. The molecule has 8 heteroatoms. The average Bonchev–Trinajstić information content (AvgIpc) is 3.34. The normalized spacial score (nSPS) is 13.1. The zero-order valence-corrected chi connectivity index (χ0v) is 17.7. The lowest BCUT2D eigenvalue weighted by molar-refractivity contribution is 0.306. The van der Waals surface area contributed by atoms with E-state index in [1.165, 1.54) is 17.2 Å². The van der Waals surface area contributed by atoms with E-state index >= 15 is 0 Å². The van der Waals surface area contributed by atoms with Crippen molar-refractivity contribution < 1.29 is 4.74 Å². The predicted molar refractivity (Wildman–Crippen MR) is 119 cm³/mol. The maximum absolute atomic E-state index is 12.7. The molecule has 1 aliphatic rings. The van der Waals surface area contributed by atoms with E-state index in [1.54, 1.807) is 7.05 Å². The maximum atomic E-state index is 12.7. The Bertz CT molecular complexity index is 1430. The van der Waals surface area contributed by atoms with E-state index in [2.05, 4.69) is 24.0 Å². The van der Waals surface area contributed by atoms with E-state index in [0.717, 1.165) is 21.6 Å². The van der Waals surface area contributed by atoms with Crippen molar-refractivity contribution in [1.82, 2.24) is 18.7 Å². The fourth-order valence-electron chi connectivity index (χ4n) is 4.11. The Hall–Kier alpha value is -3.81. The summed E-state index contributed by atoms with van der Waals surface area (Å²) in [4.78, 5) is 31.7. The van der Waals surface area contributed by atoms with Crippen LogP contribution in [0.25, 0.3) is 11.2 Å². The van der Waals surface area contributed by atoms with Crippen molar-refractivity contribution in [3.8, 4) is 5.75 Å². The summed E-state index contributed by atoms with van der Waals surface area (Å²) in [5.74, 6) is 1.42. The van der Waals surface area contributed by atoms with Gasteiger partial charge in [-0.1, -0.05) is 35.9 Å². The molecule has 0 saturated heterocycles. The molecular weight excluding hydrogens is 394 g/mol. The van der Waals surface area contributed by atoms with Gasteiger partial charge in [0.2, 0.25) is 5.95 Å². The van der Waals surface area contributed by atoms with E-state index in [9.17, 15) is 9.59 Å². The summed E-state index contributed by atoms with van der Waals surface area (Å²) in [6.07, 6.45) is 0. The summed E-state index contributed by atoms with van der Waals surface area (Å²) >= 11 is 0. The van der Waals surface area contributed by atoms with Gasteiger partial charge in [-0.2, -0.15) is 4.98 Å². The first kappa shape index (κ1) is 19.2. The summed E-state index contributed by atoms with van der Waals surface area (Å²) < 4.78 is 10.4. The van der Waals surface area contributed by atoms with Crippen molar-refractivity contribution in [2.24, 2.45) is 14.1 Å². The minimum Gasteiger partial charge on any atom is -0.489 e. The monoisotopic (exact) mass is 417 g/mol.